The highest BCUT2D eigenvalue weighted by Gasteiger charge is 2.49. The third-order valence-corrected chi connectivity index (χ3v) is 4.96. The van der Waals surface area contributed by atoms with E-state index in [1.165, 1.54) is 0 Å². The normalized spacial score (nSPS) is 37.4. The Hall–Kier alpha value is -1.44. The van der Waals surface area contributed by atoms with Crippen molar-refractivity contribution in [3.05, 3.63) is 36.5 Å². The molecule has 0 N–H and O–H groups in total. The SMILES string of the molecule is C=CCC1CCCC2C(=O)C3CC=CC=C3C(=O)C12. The molecule has 0 bridgehead atoms. The third kappa shape index (κ3) is 1.94. The van der Waals surface area contributed by atoms with Gasteiger partial charge in [-0.2, -0.15) is 0 Å². The van der Waals surface area contributed by atoms with Gasteiger partial charge in [-0.25, -0.2) is 0 Å². The predicted octanol–water partition coefficient (Wildman–Crippen LogP) is 3.25. The number of rotatable bonds is 2. The highest BCUT2D eigenvalue weighted by molar-refractivity contribution is 6.10. The molecular weight excluding hydrogens is 236 g/mol. The number of carbonyl (C=O) groups is 2. The van der Waals surface area contributed by atoms with E-state index in [2.05, 4.69) is 6.58 Å². The summed E-state index contributed by atoms with van der Waals surface area (Å²) in [6.45, 7) is 3.80. The molecule has 0 aromatic heterocycles. The molecule has 0 aromatic rings. The van der Waals surface area contributed by atoms with E-state index in [0.29, 0.717) is 18.1 Å². The standard InChI is InChI=1S/C17H20O2/c1-2-6-11-7-5-10-14-15(11)17(19)13-9-4-3-8-12(13)16(14)18/h2-4,9,11-12,14-15H,1,5-8,10H2. The first-order valence-electron chi connectivity index (χ1n) is 7.29. The van der Waals surface area contributed by atoms with Crippen LogP contribution < -0.4 is 0 Å². The molecule has 2 saturated carbocycles. The first-order chi connectivity index (χ1) is 9.24. The molecule has 19 heavy (non-hydrogen) atoms. The van der Waals surface area contributed by atoms with Gasteiger partial charge in [0.25, 0.3) is 0 Å². The molecule has 3 aliphatic carbocycles. The van der Waals surface area contributed by atoms with Crippen LogP contribution in [0.5, 0.6) is 0 Å². The van der Waals surface area contributed by atoms with Crippen molar-refractivity contribution in [3.8, 4) is 0 Å². The van der Waals surface area contributed by atoms with Gasteiger partial charge in [-0.15, -0.1) is 6.58 Å². The lowest BCUT2D eigenvalue weighted by Gasteiger charge is -2.43. The fourth-order valence-corrected chi connectivity index (χ4v) is 4.09. The number of hydrogen-bond acceptors (Lipinski definition) is 2. The lowest BCUT2D eigenvalue weighted by molar-refractivity contribution is -0.141. The second-order valence-corrected chi connectivity index (χ2v) is 5.95. The molecule has 0 radical (unpaired) electrons. The summed E-state index contributed by atoms with van der Waals surface area (Å²) in [4.78, 5) is 25.4. The Balaban J connectivity index is 1.97. The number of ketones is 2. The van der Waals surface area contributed by atoms with Crippen LogP contribution in [0.4, 0.5) is 0 Å². The third-order valence-electron chi connectivity index (χ3n) is 4.96. The summed E-state index contributed by atoms with van der Waals surface area (Å²) in [6, 6.07) is 0. The molecule has 2 fully saturated rings. The largest absolute Gasteiger partial charge is 0.299 e. The van der Waals surface area contributed by atoms with Gasteiger partial charge in [-0.05, 0) is 31.6 Å². The van der Waals surface area contributed by atoms with Crippen LogP contribution in [-0.4, -0.2) is 11.6 Å². The fourth-order valence-electron chi connectivity index (χ4n) is 4.09. The smallest absolute Gasteiger partial charge is 0.163 e. The first-order valence-corrected chi connectivity index (χ1v) is 7.29. The molecule has 0 heterocycles. The summed E-state index contributed by atoms with van der Waals surface area (Å²) in [7, 11) is 0. The van der Waals surface area contributed by atoms with Gasteiger partial charge in [-0.3, -0.25) is 9.59 Å². The van der Waals surface area contributed by atoms with E-state index in [0.717, 1.165) is 31.3 Å². The highest BCUT2D eigenvalue weighted by Crippen LogP contribution is 2.46. The molecule has 0 aromatic carbocycles. The van der Waals surface area contributed by atoms with Crippen LogP contribution in [0, 0.1) is 23.7 Å². The Morgan fingerprint density at radius 2 is 2.16 bits per heavy atom. The fraction of sp³-hybridized carbons (Fsp3) is 0.529. The maximum atomic E-state index is 12.7. The van der Waals surface area contributed by atoms with E-state index in [4.69, 9.17) is 0 Å². The van der Waals surface area contributed by atoms with E-state index in [1.807, 2.05) is 24.3 Å². The Kier molecular flexibility index (Phi) is 3.26. The van der Waals surface area contributed by atoms with E-state index in [1.54, 1.807) is 0 Å². The van der Waals surface area contributed by atoms with E-state index >= 15 is 0 Å². The van der Waals surface area contributed by atoms with Crippen LogP contribution in [0.15, 0.2) is 36.5 Å². The van der Waals surface area contributed by atoms with Gasteiger partial charge in [-0.1, -0.05) is 30.7 Å². The molecule has 4 unspecified atom stereocenters. The van der Waals surface area contributed by atoms with Gasteiger partial charge >= 0.3 is 0 Å². The molecule has 3 rings (SSSR count). The molecule has 0 saturated heterocycles. The average Bonchev–Trinajstić information content (AvgIpc) is 2.45. The number of carbonyl (C=O) groups excluding carboxylic acids is 2. The minimum Gasteiger partial charge on any atom is -0.299 e. The van der Waals surface area contributed by atoms with Gasteiger partial charge in [0, 0.05) is 23.3 Å². The first kappa shape index (κ1) is 12.6. The van der Waals surface area contributed by atoms with Gasteiger partial charge in [0.05, 0.1) is 0 Å². The molecule has 2 heteroatoms. The zero-order valence-electron chi connectivity index (χ0n) is 11.2. The Morgan fingerprint density at radius 3 is 2.95 bits per heavy atom. The molecule has 3 aliphatic rings. The lowest BCUT2D eigenvalue weighted by atomic mass is 9.58. The van der Waals surface area contributed by atoms with Crippen molar-refractivity contribution >= 4 is 11.6 Å². The predicted molar refractivity (Wildman–Crippen MR) is 74.5 cm³/mol. The lowest BCUT2D eigenvalue weighted by Crippen LogP contribution is -2.48. The van der Waals surface area contributed by atoms with Crippen LogP contribution in [0.25, 0.3) is 0 Å². The van der Waals surface area contributed by atoms with Crippen molar-refractivity contribution in [2.24, 2.45) is 23.7 Å². The number of Topliss-reactive ketones (excluding diaryl/α,β-unsaturated/α-hetero) is 2. The zero-order chi connectivity index (χ0) is 13.4. The molecule has 100 valence electrons. The van der Waals surface area contributed by atoms with E-state index in [-0.39, 0.29) is 23.5 Å². The molecule has 2 nitrogen and oxygen atoms in total. The topological polar surface area (TPSA) is 34.1 Å². The Morgan fingerprint density at radius 1 is 1.32 bits per heavy atom. The maximum Gasteiger partial charge on any atom is 0.163 e. The minimum atomic E-state index is -0.152. The van der Waals surface area contributed by atoms with Crippen molar-refractivity contribution in [1.82, 2.24) is 0 Å². The second kappa shape index (κ2) is 4.92. The number of hydrogen-bond donors (Lipinski definition) is 0. The number of allylic oxidation sites excluding steroid dienone is 5. The molecule has 0 amide bonds. The Bertz CT molecular complexity index is 483. The van der Waals surface area contributed by atoms with Crippen LogP contribution in [0.1, 0.15) is 32.1 Å². The molecule has 0 spiro atoms. The zero-order valence-corrected chi connectivity index (χ0v) is 11.2. The van der Waals surface area contributed by atoms with Gasteiger partial charge in [0.15, 0.2) is 5.78 Å². The van der Waals surface area contributed by atoms with Crippen LogP contribution in [0.2, 0.25) is 0 Å². The quantitative estimate of drug-likeness (QED) is 0.711. The number of fused-ring (bicyclic) bond motifs is 2. The van der Waals surface area contributed by atoms with Crippen molar-refractivity contribution in [3.63, 3.8) is 0 Å². The summed E-state index contributed by atoms with van der Waals surface area (Å²) in [6.07, 6.45) is 12.3. The molecular formula is C17H20O2. The second-order valence-electron chi connectivity index (χ2n) is 5.95. The summed E-state index contributed by atoms with van der Waals surface area (Å²) >= 11 is 0. The van der Waals surface area contributed by atoms with Crippen molar-refractivity contribution < 1.29 is 9.59 Å². The monoisotopic (exact) mass is 256 g/mol. The average molecular weight is 256 g/mol. The Labute approximate surface area is 114 Å². The van der Waals surface area contributed by atoms with E-state index < -0.39 is 0 Å². The van der Waals surface area contributed by atoms with Crippen molar-refractivity contribution in [2.45, 2.75) is 32.1 Å². The van der Waals surface area contributed by atoms with Crippen LogP contribution >= 0.6 is 0 Å². The van der Waals surface area contributed by atoms with Crippen molar-refractivity contribution in [2.75, 3.05) is 0 Å². The van der Waals surface area contributed by atoms with Gasteiger partial charge < -0.3 is 0 Å². The van der Waals surface area contributed by atoms with Gasteiger partial charge in [0.1, 0.15) is 5.78 Å². The summed E-state index contributed by atoms with van der Waals surface area (Å²) in [5, 5.41) is 0. The van der Waals surface area contributed by atoms with Crippen molar-refractivity contribution in [1.29, 1.82) is 0 Å². The highest BCUT2D eigenvalue weighted by atomic mass is 16.1. The summed E-state index contributed by atoms with van der Waals surface area (Å²) in [5.74, 6) is 0.620. The van der Waals surface area contributed by atoms with Crippen LogP contribution in [-0.2, 0) is 9.59 Å². The molecule has 4 atom stereocenters. The van der Waals surface area contributed by atoms with E-state index in [9.17, 15) is 9.59 Å². The van der Waals surface area contributed by atoms with Crippen LogP contribution in [0.3, 0.4) is 0 Å². The minimum absolute atomic E-state index is 0.0279. The summed E-state index contributed by atoms with van der Waals surface area (Å²) < 4.78 is 0. The summed E-state index contributed by atoms with van der Waals surface area (Å²) in [5.41, 5.74) is 0.768. The maximum absolute atomic E-state index is 12.7. The van der Waals surface area contributed by atoms with Gasteiger partial charge in [0.2, 0.25) is 0 Å². The molecule has 0 aliphatic heterocycles.